The Morgan fingerprint density at radius 2 is 1.87 bits per heavy atom. The van der Waals surface area contributed by atoms with Crippen LogP contribution in [0.15, 0.2) is 24.5 Å². The summed E-state index contributed by atoms with van der Waals surface area (Å²) in [6.07, 6.45) is 3.55. The van der Waals surface area contributed by atoms with Gasteiger partial charge in [0, 0.05) is 0 Å². The van der Waals surface area contributed by atoms with Gasteiger partial charge in [-0.2, -0.15) is 0 Å². The van der Waals surface area contributed by atoms with Crippen LogP contribution in [0.1, 0.15) is 12.5 Å². The van der Waals surface area contributed by atoms with Crippen molar-refractivity contribution in [3.8, 4) is 11.5 Å². The monoisotopic (exact) mass is 208 g/mol. The van der Waals surface area contributed by atoms with E-state index in [1.807, 2.05) is 31.2 Å². The Hall–Kier alpha value is -1.64. The molecule has 0 atom stereocenters. The molecule has 3 nitrogen and oxygen atoms in total. The SMILES string of the molecule is CCO/C=C/c1ccc(OC)c(OC)c1. The van der Waals surface area contributed by atoms with Gasteiger partial charge in [0.05, 0.1) is 27.1 Å². The van der Waals surface area contributed by atoms with Gasteiger partial charge < -0.3 is 14.2 Å². The Kier molecular flexibility index (Phi) is 4.54. The summed E-state index contributed by atoms with van der Waals surface area (Å²) in [6, 6.07) is 5.70. The van der Waals surface area contributed by atoms with E-state index >= 15 is 0 Å². The maximum absolute atomic E-state index is 5.18. The molecule has 0 saturated carbocycles. The predicted molar refractivity (Wildman–Crippen MR) is 60.2 cm³/mol. The van der Waals surface area contributed by atoms with E-state index in [2.05, 4.69) is 0 Å². The minimum atomic E-state index is 0.670. The van der Waals surface area contributed by atoms with Crippen molar-refractivity contribution in [3.05, 3.63) is 30.0 Å². The van der Waals surface area contributed by atoms with Crippen molar-refractivity contribution in [2.75, 3.05) is 20.8 Å². The van der Waals surface area contributed by atoms with E-state index in [0.29, 0.717) is 6.61 Å². The van der Waals surface area contributed by atoms with Crippen LogP contribution in [-0.2, 0) is 4.74 Å². The third-order valence-electron chi connectivity index (χ3n) is 1.93. The summed E-state index contributed by atoms with van der Waals surface area (Å²) in [5.41, 5.74) is 1.01. The molecule has 0 bridgehead atoms. The van der Waals surface area contributed by atoms with Gasteiger partial charge in [0.1, 0.15) is 0 Å². The first-order chi connectivity index (χ1) is 7.31. The van der Waals surface area contributed by atoms with Crippen LogP contribution in [0, 0.1) is 0 Å². The second-order valence-electron chi connectivity index (χ2n) is 2.87. The molecule has 0 spiro atoms. The van der Waals surface area contributed by atoms with Gasteiger partial charge in [-0.15, -0.1) is 0 Å². The average Bonchev–Trinajstić information content (AvgIpc) is 2.29. The Balaban J connectivity index is 2.83. The summed E-state index contributed by atoms with van der Waals surface area (Å²) < 4.78 is 15.4. The number of ether oxygens (including phenoxy) is 3. The lowest BCUT2D eigenvalue weighted by Gasteiger charge is -2.07. The van der Waals surface area contributed by atoms with Crippen molar-refractivity contribution < 1.29 is 14.2 Å². The van der Waals surface area contributed by atoms with Gasteiger partial charge in [0.25, 0.3) is 0 Å². The minimum absolute atomic E-state index is 0.670. The lowest BCUT2D eigenvalue weighted by molar-refractivity contribution is 0.272. The molecule has 0 radical (unpaired) electrons. The first-order valence-corrected chi connectivity index (χ1v) is 4.82. The smallest absolute Gasteiger partial charge is 0.161 e. The maximum atomic E-state index is 5.18. The van der Waals surface area contributed by atoms with Crippen molar-refractivity contribution in [2.45, 2.75) is 6.92 Å². The average molecular weight is 208 g/mol. The predicted octanol–water partition coefficient (Wildman–Crippen LogP) is 2.71. The summed E-state index contributed by atoms with van der Waals surface area (Å²) in [6.45, 7) is 2.61. The van der Waals surface area contributed by atoms with Gasteiger partial charge in [-0.05, 0) is 30.7 Å². The fraction of sp³-hybridized carbons (Fsp3) is 0.333. The molecular formula is C12H16O3. The van der Waals surface area contributed by atoms with Crippen molar-refractivity contribution in [3.63, 3.8) is 0 Å². The number of rotatable bonds is 5. The highest BCUT2D eigenvalue weighted by molar-refractivity contribution is 5.55. The topological polar surface area (TPSA) is 27.7 Å². The molecule has 0 unspecified atom stereocenters. The van der Waals surface area contributed by atoms with Gasteiger partial charge in [-0.1, -0.05) is 6.07 Å². The van der Waals surface area contributed by atoms with Crippen molar-refractivity contribution in [2.24, 2.45) is 0 Å². The Morgan fingerprint density at radius 1 is 1.13 bits per heavy atom. The summed E-state index contributed by atoms with van der Waals surface area (Å²) in [4.78, 5) is 0. The molecule has 0 aromatic heterocycles. The molecule has 1 rings (SSSR count). The van der Waals surface area contributed by atoms with E-state index in [4.69, 9.17) is 14.2 Å². The lowest BCUT2D eigenvalue weighted by Crippen LogP contribution is -1.90. The Labute approximate surface area is 90.3 Å². The Morgan fingerprint density at radius 3 is 2.47 bits per heavy atom. The molecule has 0 saturated heterocycles. The van der Waals surface area contributed by atoms with Crippen LogP contribution in [0.2, 0.25) is 0 Å². The molecule has 0 amide bonds. The van der Waals surface area contributed by atoms with Crippen molar-refractivity contribution >= 4 is 6.08 Å². The van der Waals surface area contributed by atoms with E-state index in [0.717, 1.165) is 17.1 Å². The highest BCUT2D eigenvalue weighted by atomic mass is 16.5. The van der Waals surface area contributed by atoms with E-state index < -0.39 is 0 Å². The maximum Gasteiger partial charge on any atom is 0.161 e. The largest absolute Gasteiger partial charge is 0.501 e. The highest BCUT2D eigenvalue weighted by Crippen LogP contribution is 2.27. The summed E-state index contributed by atoms with van der Waals surface area (Å²) >= 11 is 0. The zero-order valence-electron chi connectivity index (χ0n) is 9.32. The fourth-order valence-corrected chi connectivity index (χ4v) is 1.18. The summed E-state index contributed by atoms with van der Waals surface area (Å²) in [5, 5.41) is 0. The van der Waals surface area contributed by atoms with Crippen LogP contribution in [0.3, 0.4) is 0 Å². The van der Waals surface area contributed by atoms with Crippen molar-refractivity contribution in [1.82, 2.24) is 0 Å². The molecular weight excluding hydrogens is 192 g/mol. The molecule has 0 aliphatic carbocycles. The number of hydrogen-bond acceptors (Lipinski definition) is 3. The summed E-state index contributed by atoms with van der Waals surface area (Å²) in [5.74, 6) is 1.45. The van der Waals surface area contributed by atoms with Crippen LogP contribution in [-0.4, -0.2) is 20.8 Å². The van der Waals surface area contributed by atoms with Crippen LogP contribution in [0.25, 0.3) is 6.08 Å². The van der Waals surface area contributed by atoms with E-state index in [1.165, 1.54) is 0 Å². The third-order valence-corrected chi connectivity index (χ3v) is 1.93. The molecule has 3 heteroatoms. The Bertz CT molecular complexity index is 332. The number of benzene rings is 1. The normalized spacial score (nSPS) is 10.3. The molecule has 0 aliphatic rings. The molecule has 1 aromatic rings. The molecule has 0 N–H and O–H groups in total. The van der Waals surface area contributed by atoms with Gasteiger partial charge in [0.15, 0.2) is 11.5 Å². The first kappa shape index (κ1) is 11.4. The van der Waals surface area contributed by atoms with E-state index in [1.54, 1.807) is 20.5 Å². The second-order valence-corrected chi connectivity index (χ2v) is 2.87. The fourth-order valence-electron chi connectivity index (χ4n) is 1.18. The highest BCUT2D eigenvalue weighted by Gasteiger charge is 2.02. The molecule has 15 heavy (non-hydrogen) atoms. The minimum Gasteiger partial charge on any atom is -0.501 e. The third kappa shape index (κ3) is 3.20. The molecule has 82 valence electrons. The lowest BCUT2D eigenvalue weighted by atomic mass is 10.2. The second kappa shape index (κ2) is 5.96. The van der Waals surface area contributed by atoms with E-state index in [-0.39, 0.29) is 0 Å². The van der Waals surface area contributed by atoms with Crippen LogP contribution in [0.5, 0.6) is 11.5 Å². The quantitative estimate of drug-likeness (QED) is 0.696. The number of hydrogen-bond donors (Lipinski definition) is 0. The zero-order valence-corrected chi connectivity index (χ0v) is 9.32. The van der Waals surface area contributed by atoms with Gasteiger partial charge in [0.2, 0.25) is 0 Å². The van der Waals surface area contributed by atoms with Crippen LogP contribution < -0.4 is 9.47 Å². The van der Waals surface area contributed by atoms with Crippen LogP contribution >= 0.6 is 0 Å². The molecule has 0 heterocycles. The van der Waals surface area contributed by atoms with Crippen LogP contribution in [0.4, 0.5) is 0 Å². The van der Waals surface area contributed by atoms with Gasteiger partial charge in [-0.3, -0.25) is 0 Å². The van der Waals surface area contributed by atoms with Gasteiger partial charge >= 0.3 is 0 Å². The van der Waals surface area contributed by atoms with Crippen molar-refractivity contribution in [1.29, 1.82) is 0 Å². The molecule has 0 fully saturated rings. The number of methoxy groups -OCH3 is 2. The molecule has 0 aliphatic heterocycles. The van der Waals surface area contributed by atoms with Gasteiger partial charge in [-0.25, -0.2) is 0 Å². The molecule has 1 aromatic carbocycles. The summed E-state index contributed by atoms with van der Waals surface area (Å²) in [7, 11) is 3.24. The zero-order chi connectivity index (χ0) is 11.1. The standard InChI is InChI=1S/C12H16O3/c1-4-15-8-7-10-5-6-11(13-2)12(9-10)14-3/h5-9H,4H2,1-3H3/b8-7+. The van der Waals surface area contributed by atoms with E-state index in [9.17, 15) is 0 Å². The first-order valence-electron chi connectivity index (χ1n) is 4.82.